The Hall–Kier alpha value is -0.220. The first-order chi connectivity index (χ1) is 6.19. The topological polar surface area (TPSA) is 46.3 Å². The van der Waals surface area contributed by atoms with Gasteiger partial charge in [-0.05, 0) is 13.3 Å². The van der Waals surface area contributed by atoms with Gasteiger partial charge in [-0.15, -0.1) is 11.8 Å². The molecule has 1 fully saturated rings. The fourth-order valence-electron chi connectivity index (χ4n) is 1.43. The smallest absolute Gasteiger partial charge is 0.232 e. The molecule has 0 aromatic heterocycles. The minimum atomic E-state index is 0.268. The Balaban J connectivity index is 2.54. The van der Waals surface area contributed by atoms with E-state index in [4.69, 9.17) is 5.73 Å². The molecule has 2 unspecified atom stereocenters. The maximum atomic E-state index is 11.5. The van der Waals surface area contributed by atoms with Gasteiger partial charge in [-0.2, -0.15) is 0 Å². The summed E-state index contributed by atoms with van der Waals surface area (Å²) in [6, 6.07) is 0.363. The van der Waals surface area contributed by atoms with Crippen molar-refractivity contribution in [1.82, 2.24) is 4.90 Å². The van der Waals surface area contributed by atoms with E-state index in [1.807, 2.05) is 4.90 Å². The molecule has 1 amide bonds. The van der Waals surface area contributed by atoms with Crippen molar-refractivity contribution in [3.63, 3.8) is 0 Å². The Morgan fingerprint density at radius 1 is 1.77 bits per heavy atom. The summed E-state index contributed by atoms with van der Waals surface area (Å²) in [7, 11) is 0. The minimum absolute atomic E-state index is 0.268. The molecule has 2 atom stereocenters. The van der Waals surface area contributed by atoms with Crippen LogP contribution in [0.15, 0.2) is 0 Å². The molecular formula is C9H18N2OS. The number of carbonyl (C=O) groups is 1. The summed E-state index contributed by atoms with van der Waals surface area (Å²) in [6.07, 6.45) is 1.02. The lowest BCUT2D eigenvalue weighted by Gasteiger charge is -2.35. The van der Waals surface area contributed by atoms with Gasteiger partial charge in [-0.3, -0.25) is 4.79 Å². The molecule has 1 rings (SSSR count). The standard InChI is InChI=1S/C9H18N2OS/c1-3-7(2)11-5-8(4-10)13-6-9(11)12/h7-8H,3-6,10H2,1-2H3. The lowest BCUT2D eigenvalue weighted by molar-refractivity contribution is -0.130. The third-order valence-corrected chi connectivity index (χ3v) is 3.78. The molecule has 1 heterocycles. The van der Waals surface area contributed by atoms with Crippen LogP contribution in [0.5, 0.6) is 0 Å². The van der Waals surface area contributed by atoms with Gasteiger partial charge in [0.2, 0.25) is 5.91 Å². The zero-order chi connectivity index (χ0) is 9.84. The predicted molar refractivity (Wildman–Crippen MR) is 56.8 cm³/mol. The van der Waals surface area contributed by atoms with Crippen molar-refractivity contribution in [2.75, 3.05) is 18.8 Å². The Bertz CT molecular complexity index is 186. The van der Waals surface area contributed by atoms with E-state index in [1.165, 1.54) is 0 Å². The summed E-state index contributed by atoms with van der Waals surface area (Å²) in [6.45, 7) is 5.71. The van der Waals surface area contributed by atoms with Crippen LogP contribution in [-0.2, 0) is 4.79 Å². The van der Waals surface area contributed by atoms with Crippen molar-refractivity contribution in [3.05, 3.63) is 0 Å². The highest BCUT2D eigenvalue weighted by atomic mass is 32.2. The highest BCUT2D eigenvalue weighted by Crippen LogP contribution is 2.21. The summed E-state index contributed by atoms with van der Waals surface area (Å²) in [5.74, 6) is 0.871. The van der Waals surface area contributed by atoms with Crippen LogP contribution in [-0.4, -0.2) is 40.9 Å². The molecule has 0 aromatic rings. The first-order valence-corrected chi connectivity index (χ1v) is 5.85. The molecule has 0 saturated carbocycles. The summed E-state index contributed by atoms with van der Waals surface area (Å²) in [5, 5.41) is 0.437. The Kier molecular flexibility index (Phi) is 4.06. The number of nitrogens with two attached hydrogens (primary N) is 1. The molecule has 2 N–H and O–H groups in total. The molecule has 13 heavy (non-hydrogen) atoms. The van der Waals surface area contributed by atoms with E-state index in [9.17, 15) is 4.79 Å². The lowest BCUT2D eigenvalue weighted by Crippen LogP contribution is -2.48. The van der Waals surface area contributed by atoms with Gasteiger partial charge in [-0.1, -0.05) is 6.92 Å². The molecule has 1 aliphatic rings. The molecule has 0 radical (unpaired) electrons. The summed E-state index contributed by atoms with van der Waals surface area (Å²) < 4.78 is 0. The van der Waals surface area contributed by atoms with Gasteiger partial charge in [0.15, 0.2) is 0 Å². The van der Waals surface area contributed by atoms with Crippen LogP contribution < -0.4 is 5.73 Å². The van der Waals surface area contributed by atoms with Crippen LogP contribution in [0.4, 0.5) is 0 Å². The molecule has 1 aliphatic heterocycles. The number of carbonyl (C=O) groups excluding carboxylic acids is 1. The molecule has 0 bridgehead atoms. The fraction of sp³-hybridized carbons (Fsp3) is 0.889. The van der Waals surface area contributed by atoms with Crippen LogP contribution in [0, 0.1) is 0 Å². The van der Waals surface area contributed by atoms with E-state index < -0.39 is 0 Å². The Morgan fingerprint density at radius 3 is 3.00 bits per heavy atom. The second kappa shape index (κ2) is 4.86. The third kappa shape index (κ3) is 2.61. The van der Waals surface area contributed by atoms with Crippen LogP contribution in [0.1, 0.15) is 20.3 Å². The molecular weight excluding hydrogens is 184 g/mol. The molecule has 0 aromatic carbocycles. The highest BCUT2D eigenvalue weighted by molar-refractivity contribution is 8.00. The third-order valence-electron chi connectivity index (χ3n) is 2.55. The maximum absolute atomic E-state index is 11.5. The normalized spacial score (nSPS) is 26.2. The fourth-order valence-corrected chi connectivity index (χ4v) is 2.38. The van der Waals surface area contributed by atoms with Crippen LogP contribution in [0.25, 0.3) is 0 Å². The number of hydrogen-bond acceptors (Lipinski definition) is 3. The summed E-state index contributed by atoms with van der Waals surface area (Å²) in [4.78, 5) is 13.5. The van der Waals surface area contributed by atoms with Crippen molar-refractivity contribution < 1.29 is 4.79 Å². The molecule has 76 valence electrons. The monoisotopic (exact) mass is 202 g/mol. The number of amides is 1. The average Bonchev–Trinajstić information content (AvgIpc) is 2.17. The van der Waals surface area contributed by atoms with E-state index in [-0.39, 0.29) is 5.91 Å². The van der Waals surface area contributed by atoms with Crippen LogP contribution in [0.2, 0.25) is 0 Å². The van der Waals surface area contributed by atoms with Crippen molar-refractivity contribution >= 4 is 17.7 Å². The number of rotatable bonds is 3. The van der Waals surface area contributed by atoms with E-state index in [0.717, 1.165) is 13.0 Å². The van der Waals surface area contributed by atoms with Gasteiger partial charge in [0, 0.05) is 24.4 Å². The lowest BCUT2D eigenvalue weighted by atomic mass is 10.2. The number of hydrogen-bond donors (Lipinski definition) is 1. The van der Waals surface area contributed by atoms with Crippen molar-refractivity contribution in [3.8, 4) is 0 Å². The Labute approximate surface area is 84.0 Å². The van der Waals surface area contributed by atoms with Gasteiger partial charge in [-0.25, -0.2) is 0 Å². The van der Waals surface area contributed by atoms with E-state index in [2.05, 4.69) is 13.8 Å². The van der Waals surface area contributed by atoms with E-state index >= 15 is 0 Å². The van der Waals surface area contributed by atoms with Gasteiger partial charge < -0.3 is 10.6 Å². The summed E-state index contributed by atoms with van der Waals surface area (Å²) in [5.41, 5.74) is 5.59. The largest absolute Gasteiger partial charge is 0.338 e. The molecule has 1 saturated heterocycles. The summed E-state index contributed by atoms with van der Waals surface area (Å²) >= 11 is 1.69. The molecule has 3 nitrogen and oxygen atoms in total. The maximum Gasteiger partial charge on any atom is 0.232 e. The van der Waals surface area contributed by atoms with Crippen molar-refractivity contribution in [2.45, 2.75) is 31.6 Å². The second-order valence-electron chi connectivity index (χ2n) is 3.47. The van der Waals surface area contributed by atoms with Gasteiger partial charge in [0.05, 0.1) is 5.75 Å². The van der Waals surface area contributed by atoms with Gasteiger partial charge >= 0.3 is 0 Å². The average molecular weight is 202 g/mol. The SMILES string of the molecule is CCC(C)N1CC(CN)SCC1=O. The van der Waals surface area contributed by atoms with Crippen LogP contribution >= 0.6 is 11.8 Å². The first kappa shape index (κ1) is 10.9. The highest BCUT2D eigenvalue weighted by Gasteiger charge is 2.27. The number of nitrogens with zero attached hydrogens (tertiary/aromatic N) is 1. The quantitative estimate of drug-likeness (QED) is 0.732. The molecule has 0 spiro atoms. The van der Waals surface area contributed by atoms with Gasteiger partial charge in [0.1, 0.15) is 0 Å². The minimum Gasteiger partial charge on any atom is -0.338 e. The molecule has 4 heteroatoms. The second-order valence-corrected chi connectivity index (χ2v) is 4.76. The Morgan fingerprint density at radius 2 is 2.46 bits per heavy atom. The van der Waals surface area contributed by atoms with E-state index in [0.29, 0.717) is 23.6 Å². The molecule has 0 aliphatic carbocycles. The zero-order valence-corrected chi connectivity index (χ0v) is 9.14. The number of thioether (sulfide) groups is 1. The first-order valence-electron chi connectivity index (χ1n) is 4.80. The zero-order valence-electron chi connectivity index (χ0n) is 8.32. The van der Waals surface area contributed by atoms with Crippen LogP contribution in [0.3, 0.4) is 0 Å². The van der Waals surface area contributed by atoms with Crippen molar-refractivity contribution in [1.29, 1.82) is 0 Å². The van der Waals surface area contributed by atoms with Crippen molar-refractivity contribution in [2.24, 2.45) is 5.73 Å². The van der Waals surface area contributed by atoms with Gasteiger partial charge in [0.25, 0.3) is 0 Å². The van der Waals surface area contributed by atoms with E-state index in [1.54, 1.807) is 11.8 Å². The predicted octanol–water partition coefficient (Wildman–Crippen LogP) is 0.688.